The molecule has 0 spiro atoms. The molecule has 24 heavy (non-hydrogen) atoms. The van der Waals surface area contributed by atoms with Crippen molar-refractivity contribution in [2.75, 3.05) is 5.32 Å². The summed E-state index contributed by atoms with van der Waals surface area (Å²) in [4.78, 5) is 16.1. The summed E-state index contributed by atoms with van der Waals surface area (Å²) in [5, 5.41) is 4.93. The quantitative estimate of drug-likeness (QED) is 0.751. The first-order chi connectivity index (χ1) is 11.7. The molecule has 3 N–H and O–H groups in total. The molecule has 1 atom stereocenters. The van der Waals surface area contributed by atoms with Crippen LogP contribution in [-0.4, -0.2) is 16.9 Å². The number of fused-ring (bicyclic) bond motifs is 1. The molecule has 0 fully saturated rings. The summed E-state index contributed by atoms with van der Waals surface area (Å²) in [5.74, 6) is 1.26. The summed E-state index contributed by atoms with van der Waals surface area (Å²) in [5.41, 5.74) is 5.71. The Balaban J connectivity index is 1.77. The Labute approximate surface area is 140 Å². The lowest BCUT2D eigenvalue weighted by Crippen LogP contribution is -2.35. The minimum Gasteiger partial charge on any atom is -0.439 e. The average Bonchev–Trinajstić information content (AvgIpc) is 2.61. The van der Waals surface area contributed by atoms with Crippen LogP contribution in [0, 0.1) is 0 Å². The molecule has 0 unspecified atom stereocenters. The van der Waals surface area contributed by atoms with Crippen molar-refractivity contribution < 1.29 is 9.53 Å². The smallest absolute Gasteiger partial charge is 0.242 e. The van der Waals surface area contributed by atoms with Gasteiger partial charge in [-0.15, -0.1) is 0 Å². The highest BCUT2D eigenvalue weighted by Gasteiger charge is 2.12. The number of rotatable bonds is 5. The maximum Gasteiger partial charge on any atom is 0.242 e. The predicted molar refractivity (Wildman–Crippen MR) is 95.2 cm³/mol. The van der Waals surface area contributed by atoms with E-state index in [1.165, 1.54) is 0 Å². The number of nitrogens with zero attached hydrogens (tertiary/aromatic N) is 1. The van der Waals surface area contributed by atoms with Crippen LogP contribution >= 0.6 is 0 Å². The molecule has 1 amide bonds. The summed E-state index contributed by atoms with van der Waals surface area (Å²) in [6.45, 7) is 1.86. The number of nitrogens with two attached hydrogens (primary N) is 1. The zero-order chi connectivity index (χ0) is 16.9. The van der Waals surface area contributed by atoms with Crippen LogP contribution in [0.2, 0.25) is 0 Å². The molecule has 0 saturated heterocycles. The van der Waals surface area contributed by atoms with Crippen LogP contribution in [0.1, 0.15) is 13.3 Å². The second kappa shape index (κ2) is 7.10. The molecule has 0 radical (unpaired) electrons. The van der Waals surface area contributed by atoms with Gasteiger partial charge in [0.05, 0.1) is 6.04 Å². The molecule has 5 nitrogen and oxygen atoms in total. The molecule has 122 valence electrons. The lowest BCUT2D eigenvalue weighted by atomic mass is 10.1. The van der Waals surface area contributed by atoms with Crippen LogP contribution in [0.4, 0.5) is 5.82 Å². The second-order valence-electron chi connectivity index (χ2n) is 5.48. The van der Waals surface area contributed by atoms with Crippen LogP contribution in [0.3, 0.4) is 0 Å². The second-order valence-corrected chi connectivity index (χ2v) is 5.48. The summed E-state index contributed by atoms with van der Waals surface area (Å²) >= 11 is 0. The third kappa shape index (κ3) is 3.70. The van der Waals surface area contributed by atoms with E-state index in [1.54, 1.807) is 18.2 Å². The standard InChI is InChI=1S/C19H19N3O2/c1-2-16(20)19(23)22-17-8-5-9-18(21-17)24-15-11-10-13-6-3-4-7-14(13)12-15/h3-12,16H,2,20H2,1H3,(H,21,22,23)/t16-/m1/s1. The largest absolute Gasteiger partial charge is 0.439 e. The van der Waals surface area contributed by atoms with E-state index in [0.29, 0.717) is 23.9 Å². The average molecular weight is 321 g/mol. The van der Waals surface area contributed by atoms with Crippen LogP contribution < -0.4 is 15.8 Å². The van der Waals surface area contributed by atoms with Crippen molar-refractivity contribution in [3.05, 3.63) is 60.7 Å². The van der Waals surface area contributed by atoms with Gasteiger partial charge in [0.15, 0.2) is 0 Å². The van der Waals surface area contributed by atoms with Crippen molar-refractivity contribution >= 4 is 22.5 Å². The third-order valence-electron chi connectivity index (χ3n) is 3.69. The number of hydrogen-bond donors (Lipinski definition) is 2. The highest BCUT2D eigenvalue weighted by Crippen LogP contribution is 2.25. The van der Waals surface area contributed by atoms with Crippen LogP contribution in [0.25, 0.3) is 10.8 Å². The van der Waals surface area contributed by atoms with Crippen molar-refractivity contribution in [1.29, 1.82) is 0 Å². The number of benzene rings is 2. The number of amides is 1. The fourth-order valence-corrected chi connectivity index (χ4v) is 2.30. The lowest BCUT2D eigenvalue weighted by molar-refractivity contribution is -0.117. The van der Waals surface area contributed by atoms with Gasteiger partial charge in [0, 0.05) is 6.07 Å². The number of nitrogens with one attached hydrogen (secondary N) is 1. The molecule has 0 saturated carbocycles. The maximum atomic E-state index is 11.8. The van der Waals surface area contributed by atoms with Gasteiger partial charge >= 0.3 is 0 Å². The van der Waals surface area contributed by atoms with Crippen LogP contribution in [-0.2, 0) is 4.79 Å². The molecule has 5 heteroatoms. The summed E-state index contributed by atoms with van der Waals surface area (Å²) in [6.07, 6.45) is 0.569. The molecule has 0 bridgehead atoms. The van der Waals surface area contributed by atoms with Crippen molar-refractivity contribution in [1.82, 2.24) is 4.98 Å². The van der Waals surface area contributed by atoms with E-state index >= 15 is 0 Å². The van der Waals surface area contributed by atoms with Crippen molar-refractivity contribution in [2.45, 2.75) is 19.4 Å². The predicted octanol–water partition coefficient (Wildman–Crippen LogP) is 3.70. The Bertz CT molecular complexity index is 864. The first kappa shape index (κ1) is 16.0. The molecule has 1 aromatic heterocycles. The van der Waals surface area contributed by atoms with Gasteiger partial charge in [-0.05, 0) is 35.4 Å². The normalized spacial score (nSPS) is 11.9. The third-order valence-corrected chi connectivity index (χ3v) is 3.69. The van der Waals surface area contributed by atoms with Gasteiger partial charge in [0.1, 0.15) is 11.6 Å². The fourth-order valence-electron chi connectivity index (χ4n) is 2.30. The molecule has 2 aromatic carbocycles. The Morgan fingerprint density at radius 3 is 2.71 bits per heavy atom. The van der Waals surface area contributed by atoms with Gasteiger partial charge in [-0.2, -0.15) is 4.98 Å². The van der Waals surface area contributed by atoms with E-state index in [2.05, 4.69) is 10.3 Å². The summed E-state index contributed by atoms with van der Waals surface area (Å²) in [6, 6.07) is 18.6. The number of ether oxygens (including phenoxy) is 1. The lowest BCUT2D eigenvalue weighted by Gasteiger charge is -2.11. The summed E-state index contributed by atoms with van der Waals surface area (Å²) < 4.78 is 5.80. The molecule has 3 rings (SSSR count). The monoisotopic (exact) mass is 321 g/mol. The molecule has 0 aliphatic heterocycles. The number of anilines is 1. The van der Waals surface area contributed by atoms with E-state index in [0.717, 1.165) is 10.8 Å². The number of aromatic nitrogens is 1. The molecular formula is C19H19N3O2. The van der Waals surface area contributed by atoms with Gasteiger partial charge < -0.3 is 15.8 Å². The first-order valence-corrected chi connectivity index (χ1v) is 7.86. The van der Waals surface area contributed by atoms with Gasteiger partial charge in [-0.3, -0.25) is 4.79 Å². The van der Waals surface area contributed by atoms with Crippen LogP contribution in [0.5, 0.6) is 11.6 Å². The minimum absolute atomic E-state index is 0.257. The topological polar surface area (TPSA) is 77.2 Å². The first-order valence-electron chi connectivity index (χ1n) is 7.86. The zero-order valence-corrected chi connectivity index (χ0v) is 13.4. The number of carbonyl (C=O) groups excluding carboxylic acids is 1. The molecule has 3 aromatic rings. The highest BCUT2D eigenvalue weighted by molar-refractivity contribution is 5.93. The zero-order valence-electron chi connectivity index (χ0n) is 13.4. The minimum atomic E-state index is -0.545. The number of pyridine rings is 1. The van der Waals surface area contributed by atoms with E-state index in [-0.39, 0.29) is 5.91 Å². The van der Waals surface area contributed by atoms with E-state index in [1.807, 2.05) is 49.4 Å². The van der Waals surface area contributed by atoms with Gasteiger partial charge in [-0.25, -0.2) is 0 Å². The molecular weight excluding hydrogens is 302 g/mol. The van der Waals surface area contributed by atoms with E-state index < -0.39 is 6.04 Å². The SMILES string of the molecule is CC[C@@H](N)C(=O)Nc1cccc(Oc2ccc3ccccc3c2)n1. The highest BCUT2D eigenvalue weighted by atomic mass is 16.5. The van der Waals surface area contributed by atoms with Crippen molar-refractivity contribution in [2.24, 2.45) is 5.73 Å². The van der Waals surface area contributed by atoms with Crippen molar-refractivity contribution in [3.63, 3.8) is 0 Å². The molecule has 0 aliphatic carbocycles. The van der Waals surface area contributed by atoms with Crippen LogP contribution in [0.15, 0.2) is 60.7 Å². The molecule has 0 aliphatic rings. The van der Waals surface area contributed by atoms with Gasteiger partial charge in [-0.1, -0.05) is 43.3 Å². The summed E-state index contributed by atoms with van der Waals surface area (Å²) in [7, 11) is 0. The van der Waals surface area contributed by atoms with E-state index in [4.69, 9.17) is 10.5 Å². The maximum absolute atomic E-state index is 11.8. The van der Waals surface area contributed by atoms with Gasteiger partial charge in [0.2, 0.25) is 11.8 Å². The fraction of sp³-hybridized carbons (Fsp3) is 0.158. The Kier molecular flexibility index (Phi) is 4.72. The Hall–Kier alpha value is -2.92. The number of hydrogen-bond acceptors (Lipinski definition) is 4. The Morgan fingerprint density at radius 1 is 1.12 bits per heavy atom. The number of carbonyl (C=O) groups is 1. The van der Waals surface area contributed by atoms with E-state index in [9.17, 15) is 4.79 Å². The van der Waals surface area contributed by atoms with Crippen molar-refractivity contribution in [3.8, 4) is 11.6 Å². The Morgan fingerprint density at radius 2 is 1.92 bits per heavy atom. The molecule has 1 heterocycles. The van der Waals surface area contributed by atoms with Gasteiger partial charge in [0.25, 0.3) is 0 Å².